The zero-order valence-corrected chi connectivity index (χ0v) is 10.9. The second-order valence-corrected chi connectivity index (χ2v) is 6.19. The molecule has 0 spiro atoms. The van der Waals surface area contributed by atoms with E-state index >= 15 is 0 Å². The molecular formula is C15H20F2N2. The van der Waals surface area contributed by atoms with Crippen LogP contribution in [0.4, 0.5) is 8.78 Å². The summed E-state index contributed by atoms with van der Waals surface area (Å²) in [6, 6.07) is 4.48. The number of hydrogen-bond donors (Lipinski definition) is 2. The van der Waals surface area contributed by atoms with E-state index in [9.17, 15) is 8.78 Å². The lowest BCUT2D eigenvalue weighted by Crippen LogP contribution is -2.48. The van der Waals surface area contributed by atoms with E-state index in [1.54, 1.807) is 6.07 Å². The molecule has 2 saturated carbocycles. The third-order valence-corrected chi connectivity index (χ3v) is 4.86. The first-order valence-electron chi connectivity index (χ1n) is 6.99. The highest BCUT2D eigenvalue weighted by atomic mass is 19.2. The van der Waals surface area contributed by atoms with Crippen molar-refractivity contribution in [3.05, 3.63) is 35.4 Å². The van der Waals surface area contributed by atoms with Crippen LogP contribution in [0.1, 0.15) is 43.6 Å². The molecule has 2 nitrogen and oxygen atoms in total. The van der Waals surface area contributed by atoms with Gasteiger partial charge in [-0.3, -0.25) is 0 Å². The number of rotatable bonds is 2. The van der Waals surface area contributed by atoms with E-state index in [1.165, 1.54) is 12.1 Å². The van der Waals surface area contributed by atoms with Gasteiger partial charge in [0.1, 0.15) is 0 Å². The van der Waals surface area contributed by atoms with Crippen molar-refractivity contribution in [3.63, 3.8) is 0 Å². The predicted molar refractivity (Wildman–Crippen MR) is 70.6 cm³/mol. The van der Waals surface area contributed by atoms with Crippen LogP contribution < -0.4 is 11.5 Å². The first-order valence-corrected chi connectivity index (χ1v) is 6.99. The van der Waals surface area contributed by atoms with Crippen molar-refractivity contribution in [3.8, 4) is 0 Å². The summed E-state index contributed by atoms with van der Waals surface area (Å²) in [6.07, 6.45) is 4.81. The maximum Gasteiger partial charge on any atom is 0.159 e. The van der Waals surface area contributed by atoms with Crippen molar-refractivity contribution >= 4 is 0 Å². The van der Waals surface area contributed by atoms with Crippen molar-refractivity contribution in [2.45, 2.75) is 49.6 Å². The van der Waals surface area contributed by atoms with Gasteiger partial charge in [-0.25, -0.2) is 8.78 Å². The Morgan fingerprint density at radius 3 is 2.42 bits per heavy atom. The predicted octanol–water partition coefficient (Wildman–Crippen LogP) is 2.67. The summed E-state index contributed by atoms with van der Waals surface area (Å²) in [4.78, 5) is 0. The lowest BCUT2D eigenvalue weighted by molar-refractivity contribution is 0.239. The van der Waals surface area contributed by atoms with Gasteiger partial charge < -0.3 is 11.5 Å². The maximum atomic E-state index is 13.3. The second kappa shape index (κ2) is 4.53. The SMILES string of the molecule is NC1CCC(N)([C@H]2C[C@H]2c2ccc(F)c(F)c2)CC1. The molecule has 0 aliphatic heterocycles. The maximum absolute atomic E-state index is 13.3. The molecule has 0 heterocycles. The fraction of sp³-hybridized carbons (Fsp3) is 0.600. The Balaban J connectivity index is 1.72. The standard InChI is InChI=1S/C15H20F2N2/c16-13-2-1-9(7-14(13)17)11-8-12(11)15(19)5-3-10(18)4-6-15/h1-2,7,10-12H,3-6,8,18-19H2/t10?,11-,12-,15?/m0/s1. The largest absolute Gasteiger partial charge is 0.328 e. The van der Waals surface area contributed by atoms with Crippen LogP contribution in [-0.4, -0.2) is 11.6 Å². The summed E-state index contributed by atoms with van der Waals surface area (Å²) in [5.41, 5.74) is 13.1. The first-order chi connectivity index (χ1) is 8.99. The first kappa shape index (κ1) is 13.0. The van der Waals surface area contributed by atoms with Crippen molar-refractivity contribution < 1.29 is 8.78 Å². The normalized spacial score (nSPS) is 38.2. The Bertz CT molecular complexity index is 481. The molecule has 4 heteroatoms. The molecule has 0 amide bonds. The Hall–Kier alpha value is -1.00. The summed E-state index contributed by atoms with van der Waals surface area (Å²) in [7, 11) is 0. The molecule has 4 N–H and O–H groups in total. The molecule has 1 aromatic rings. The van der Waals surface area contributed by atoms with Crippen LogP contribution in [0.5, 0.6) is 0 Å². The molecule has 0 bridgehead atoms. The van der Waals surface area contributed by atoms with Crippen LogP contribution >= 0.6 is 0 Å². The highest BCUT2D eigenvalue weighted by molar-refractivity contribution is 5.29. The fourth-order valence-corrected chi connectivity index (χ4v) is 3.49. The smallest absolute Gasteiger partial charge is 0.159 e. The Morgan fingerprint density at radius 1 is 1.11 bits per heavy atom. The lowest BCUT2D eigenvalue weighted by atomic mass is 9.76. The van der Waals surface area contributed by atoms with Gasteiger partial charge in [-0.1, -0.05) is 6.07 Å². The van der Waals surface area contributed by atoms with E-state index in [1.807, 2.05) is 0 Å². The summed E-state index contributed by atoms with van der Waals surface area (Å²) >= 11 is 0. The van der Waals surface area contributed by atoms with Crippen LogP contribution in [0.2, 0.25) is 0 Å². The van der Waals surface area contributed by atoms with Crippen LogP contribution in [0.3, 0.4) is 0 Å². The quantitative estimate of drug-likeness (QED) is 0.864. The van der Waals surface area contributed by atoms with Crippen molar-refractivity contribution in [2.75, 3.05) is 0 Å². The van der Waals surface area contributed by atoms with E-state index < -0.39 is 11.6 Å². The summed E-state index contributed by atoms with van der Waals surface area (Å²) < 4.78 is 26.2. The van der Waals surface area contributed by atoms with Crippen molar-refractivity contribution in [2.24, 2.45) is 17.4 Å². The molecule has 19 heavy (non-hydrogen) atoms. The minimum atomic E-state index is -0.785. The molecule has 0 aromatic heterocycles. The number of halogens is 2. The van der Waals surface area contributed by atoms with E-state index in [0.29, 0.717) is 5.92 Å². The lowest BCUT2D eigenvalue weighted by Gasteiger charge is -2.36. The Morgan fingerprint density at radius 2 is 1.79 bits per heavy atom. The van der Waals surface area contributed by atoms with Gasteiger partial charge in [0.25, 0.3) is 0 Å². The summed E-state index contributed by atoms with van der Waals surface area (Å²) in [6.45, 7) is 0. The van der Waals surface area contributed by atoms with Crippen molar-refractivity contribution in [1.82, 2.24) is 0 Å². The van der Waals surface area contributed by atoms with Gasteiger partial charge >= 0.3 is 0 Å². The van der Waals surface area contributed by atoms with E-state index in [4.69, 9.17) is 11.5 Å². The van der Waals surface area contributed by atoms with Gasteiger partial charge in [0.05, 0.1) is 0 Å². The minimum Gasteiger partial charge on any atom is -0.328 e. The summed E-state index contributed by atoms with van der Waals surface area (Å²) in [5, 5.41) is 0. The molecule has 0 saturated heterocycles. The van der Waals surface area contributed by atoms with E-state index in [-0.39, 0.29) is 17.5 Å². The molecule has 2 aliphatic carbocycles. The molecule has 2 atom stereocenters. The molecule has 3 rings (SSSR count). The Kier molecular flexibility index (Phi) is 3.10. The van der Waals surface area contributed by atoms with Gasteiger partial charge in [0, 0.05) is 11.6 Å². The minimum absolute atomic E-state index is 0.161. The van der Waals surface area contributed by atoms with Crippen LogP contribution in [-0.2, 0) is 0 Å². The van der Waals surface area contributed by atoms with Gasteiger partial charge in [0.15, 0.2) is 11.6 Å². The third-order valence-electron chi connectivity index (χ3n) is 4.86. The number of hydrogen-bond acceptors (Lipinski definition) is 2. The molecule has 0 radical (unpaired) electrons. The van der Waals surface area contributed by atoms with E-state index in [0.717, 1.165) is 37.7 Å². The monoisotopic (exact) mass is 266 g/mol. The van der Waals surface area contributed by atoms with Crippen LogP contribution in [0, 0.1) is 17.6 Å². The van der Waals surface area contributed by atoms with Crippen LogP contribution in [0.15, 0.2) is 18.2 Å². The van der Waals surface area contributed by atoms with Gasteiger partial charge in [-0.2, -0.15) is 0 Å². The molecule has 104 valence electrons. The van der Waals surface area contributed by atoms with Gasteiger partial charge in [-0.05, 0) is 61.6 Å². The topological polar surface area (TPSA) is 52.0 Å². The molecule has 2 fully saturated rings. The van der Waals surface area contributed by atoms with Gasteiger partial charge in [0.2, 0.25) is 0 Å². The van der Waals surface area contributed by atoms with Gasteiger partial charge in [-0.15, -0.1) is 0 Å². The second-order valence-electron chi connectivity index (χ2n) is 6.19. The zero-order valence-electron chi connectivity index (χ0n) is 10.9. The van der Waals surface area contributed by atoms with Crippen LogP contribution in [0.25, 0.3) is 0 Å². The molecule has 1 aromatic carbocycles. The fourth-order valence-electron chi connectivity index (χ4n) is 3.49. The average Bonchev–Trinajstić information content (AvgIpc) is 3.17. The Labute approximate surface area is 112 Å². The third kappa shape index (κ3) is 2.39. The molecule has 0 unspecified atom stereocenters. The van der Waals surface area contributed by atoms with Crippen molar-refractivity contribution in [1.29, 1.82) is 0 Å². The zero-order chi connectivity index (χ0) is 13.6. The summed E-state index contributed by atoms with van der Waals surface area (Å²) in [5.74, 6) is -0.869. The molecular weight excluding hydrogens is 246 g/mol. The highest BCUT2D eigenvalue weighted by Crippen LogP contribution is 2.56. The molecule has 2 aliphatic rings. The average molecular weight is 266 g/mol. The van der Waals surface area contributed by atoms with E-state index in [2.05, 4.69) is 0 Å². The number of nitrogens with two attached hydrogens (primary N) is 2. The number of benzene rings is 1. The highest BCUT2D eigenvalue weighted by Gasteiger charge is 2.51.